The van der Waals surface area contributed by atoms with Crippen LogP contribution in [0.5, 0.6) is 0 Å². The van der Waals surface area contributed by atoms with Gasteiger partial charge in [-0.05, 0) is 31.1 Å². The molecule has 1 saturated carbocycles. The highest BCUT2D eigenvalue weighted by Crippen LogP contribution is 2.46. The summed E-state index contributed by atoms with van der Waals surface area (Å²) < 4.78 is 49.3. The SMILES string of the molecule is O=S1(=O)CCC(S(=O)(=O)NCC2(CBr)CC2)CC1. The number of halogens is 1. The zero-order valence-electron chi connectivity index (χ0n) is 10.1. The predicted octanol–water partition coefficient (Wildman–Crippen LogP) is 0.658. The molecule has 0 amide bonds. The van der Waals surface area contributed by atoms with Crippen LogP contribution in [0.1, 0.15) is 25.7 Å². The van der Waals surface area contributed by atoms with Crippen molar-refractivity contribution in [3.05, 3.63) is 0 Å². The van der Waals surface area contributed by atoms with Crippen LogP contribution in [-0.2, 0) is 19.9 Å². The van der Waals surface area contributed by atoms with Gasteiger partial charge in [0.1, 0.15) is 9.84 Å². The smallest absolute Gasteiger partial charge is 0.214 e. The number of sulfonamides is 1. The van der Waals surface area contributed by atoms with Crippen LogP contribution < -0.4 is 4.72 Å². The number of rotatable bonds is 5. The number of sulfone groups is 1. The maximum absolute atomic E-state index is 12.1. The number of hydrogen-bond donors (Lipinski definition) is 1. The standard InChI is InChI=1S/C10H18BrNO4S2/c11-7-10(3-4-10)8-12-18(15,16)9-1-5-17(13,14)6-2-9/h9,12H,1-8H2. The van der Waals surface area contributed by atoms with Crippen molar-refractivity contribution in [1.29, 1.82) is 0 Å². The third-order valence-electron chi connectivity index (χ3n) is 3.83. The fourth-order valence-electron chi connectivity index (χ4n) is 2.08. The van der Waals surface area contributed by atoms with Crippen LogP contribution in [0.25, 0.3) is 0 Å². The van der Waals surface area contributed by atoms with Crippen molar-refractivity contribution in [2.75, 3.05) is 23.4 Å². The summed E-state index contributed by atoms with van der Waals surface area (Å²) in [6.07, 6.45) is 2.53. The van der Waals surface area contributed by atoms with Gasteiger partial charge in [0.25, 0.3) is 0 Å². The molecule has 2 fully saturated rings. The van der Waals surface area contributed by atoms with Crippen molar-refractivity contribution in [2.45, 2.75) is 30.9 Å². The summed E-state index contributed by atoms with van der Waals surface area (Å²) in [7, 11) is -6.38. The molecule has 0 atom stereocenters. The quantitative estimate of drug-likeness (QED) is 0.731. The Morgan fingerprint density at radius 3 is 2.22 bits per heavy atom. The third-order valence-corrected chi connectivity index (χ3v) is 8.63. The summed E-state index contributed by atoms with van der Waals surface area (Å²) in [5.41, 5.74) is 0.0911. The van der Waals surface area contributed by atoms with Crippen LogP contribution in [0, 0.1) is 5.41 Å². The predicted molar refractivity (Wildman–Crippen MR) is 74.1 cm³/mol. The zero-order chi connectivity index (χ0) is 13.4. The largest absolute Gasteiger partial charge is 0.229 e. The Balaban J connectivity index is 1.91. The molecular formula is C10H18BrNO4S2. The van der Waals surface area contributed by atoms with E-state index in [2.05, 4.69) is 20.7 Å². The number of hydrogen-bond acceptors (Lipinski definition) is 4. The van der Waals surface area contributed by atoms with Gasteiger partial charge in [-0.1, -0.05) is 15.9 Å². The fourth-order valence-corrected chi connectivity index (χ4v) is 6.23. The lowest BCUT2D eigenvalue weighted by atomic mass is 10.1. The summed E-state index contributed by atoms with van der Waals surface area (Å²) >= 11 is 3.40. The van der Waals surface area contributed by atoms with Gasteiger partial charge in [-0.15, -0.1) is 0 Å². The molecule has 0 spiro atoms. The average Bonchev–Trinajstić information content (AvgIpc) is 3.07. The highest BCUT2D eigenvalue weighted by atomic mass is 79.9. The molecule has 1 N–H and O–H groups in total. The Bertz CT molecular complexity index is 496. The van der Waals surface area contributed by atoms with Crippen molar-refractivity contribution in [1.82, 2.24) is 4.72 Å². The highest BCUT2D eigenvalue weighted by molar-refractivity contribution is 9.09. The van der Waals surface area contributed by atoms with Gasteiger partial charge >= 0.3 is 0 Å². The molecule has 0 radical (unpaired) electrons. The first-order valence-electron chi connectivity index (χ1n) is 6.04. The summed E-state index contributed by atoms with van der Waals surface area (Å²) in [5, 5.41) is 0.258. The molecule has 5 nitrogen and oxygen atoms in total. The first-order valence-corrected chi connectivity index (χ1v) is 10.5. The van der Waals surface area contributed by atoms with Gasteiger partial charge in [0, 0.05) is 11.9 Å². The summed E-state index contributed by atoms with van der Waals surface area (Å²) in [4.78, 5) is 0. The minimum atomic E-state index is -3.37. The maximum Gasteiger partial charge on any atom is 0.214 e. The molecule has 18 heavy (non-hydrogen) atoms. The average molecular weight is 360 g/mol. The second-order valence-corrected chi connectivity index (χ2v) is 10.3. The normalized spacial score (nSPS) is 26.9. The van der Waals surface area contributed by atoms with Gasteiger partial charge in [0.15, 0.2) is 0 Å². The van der Waals surface area contributed by atoms with Crippen molar-refractivity contribution < 1.29 is 16.8 Å². The van der Waals surface area contributed by atoms with E-state index in [0.29, 0.717) is 6.54 Å². The summed E-state index contributed by atoms with van der Waals surface area (Å²) in [6.45, 7) is 0.462. The molecule has 1 aliphatic heterocycles. The second-order valence-electron chi connectivity index (χ2n) is 5.35. The first kappa shape index (κ1) is 14.7. The van der Waals surface area contributed by atoms with E-state index in [1.54, 1.807) is 0 Å². The van der Waals surface area contributed by atoms with Gasteiger partial charge in [-0.2, -0.15) is 0 Å². The Morgan fingerprint density at radius 1 is 1.22 bits per heavy atom. The van der Waals surface area contributed by atoms with Gasteiger partial charge < -0.3 is 0 Å². The Labute approximate surface area is 117 Å². The third kappa shape index (κ3) is 3.46. The minimum Gasteiger partial charge on any atom is -0.229 e. The van der Waals surface area contributed by atoms with E-state index in [0.717, 1.165) is 18.2 Å². The lowest BCUT2D eigenvalue weighted by Gasteiger charge is -2.23. The molecule has 8 heteroatoms. The molecule has 0 bridgehead atoms. The van der Waals surface area contributed by atoms with Crippen LogP contribution in [0.2, 0.25) is 0 Å². The van der Waals surface area contributed by atoms with Crippen LogP contribution >= 0.6 is 15.9 Å². The van der Waals surface area contributed by atoms with E-state index >= 15 is 0 Å². The second kappa shape index (κ2) is 5.03. The van der Waals surface area contributed by atoms with E-state index in [9.17, 15) is 16.8 Å². The molecule has 0 aromatic heterocycles. The monoisotopic (exact) mass is 359 g/mol. The van der Waals surface area contributed by atoms with Gasteiger partial charge in [0.05, 0.1) is 16.8 Å². The van der Waals surface area contributed by atoms with E-state index in [-0.39, 0.29) is 29.8 Å². The molecule has 1 heterocycles. The molecule has 0 aromatic carbocycles. The fraction of sp³-hybridized carbons (Fsp3) is 1.00. The van der Waals surface area contributed by atoms with Gasteiger partial charge in [0.2, 0.25) is 10.0 Å². The molecule has 2 aliphatic rings. The Kier molecular flexibility index (Phi) is 4.12. The van der Waals surface area contributed by atoms with E-state index in [1.165, 1.54) is 0 Å². The molecule has 0 aromatic rings. The maximum atomic E-state index is 12.1. The number of nitrogens with one attached hydrogen (secondary N) is 1. The molecule has 2 rings (SSSR count). The molecule has 1 saturated heterocycles. The van der Waals surface area contributed by atoms with Crippen molar-refractivity contribution >= 4 is 35.8 Å². The molecule has 106 valence electrons. The van der Waals surface area contributed by atoms with Crippen LogP contribution in [0.15, 0.2) is 0 Å². The lowest BCUT2D eigenvalue weighted by Crippen LogP contribution is -2.42. The highest BCUT2D eigenvalue weighted by Gasteiger charge is 2.43. The molecular weight excluding hydrogens is 342 g/mol. The summed E-state index contributed by atoms with van der Waals surface area (Å²) in [5.74, 6) is -0.0235. The van der Waals surface area contributed by atoms with E-state index in [1.807, 2.05) is 0 Å². The topological polar surface area (TPSA) is 80.3 Å². The summed E-state index contributed by atoms with van der Waals surface area (Å²) in [6, 6.07) is 0. The van der Waals surface area contributed by atoms with Gasteiger partial charge in [-0.25, -0.2) is 21.6 Å². The Morgan fingerprint density at radius 2 is 1.78 bits per heavy atom. The molecule has 0 unspecified atom stereocenters. The lowest BCUT2D eigenvalue weighted by molar-refractivity contribution is 0.518. The van der Waals surface area contributed by atoms with Crippen LogP contribution in [-0.4, -0.2) is 45.5 Å². The van der Waals surface area contributed by atoms with Crippen molar-refractivity contribution in [3.63, 3.8) is 0 Å². The van der Waals surface area contributed by atoms with E-state index < -0.39 is 25.1 Å². The first-order chi connectivity index (χ1) is 8.29. The van der Waals surface area contributed by atoms with Crippen LogP contribution in [0.3, 0.4) is 0 Å². The van der Waals surface area contributed by atoms with Crippen molar-refractivity contribution in [3.8, 4) is 0 Å². The minimum absolute atomic E-state index is 0.0117. The van der Waals surface area contributed by atoms with Crippen LogP contribution in [0.4, 0.5) is 0 Å². The van der Waals surface area contributed by atoms with Crippen molar-refractivity contribution in [2.24, 2.45) is 5.41 Å². The number of alkyl halides is 1. The van der Waals surface area contributed by atoms with E-state index in [4.69, 9.17) is 0 Å². The molecule has 1 aliphatic carbocycles. The zero-order valence-corrected chi connectivity index (χ0v) is 13.3. The van der Waals surface area contributed by atoms with Gasteiger partial charge in [-0.3, -0.25) is 0 Å². The Hall–Kier alpha value is 0.340.